The number of esters is 1. The molecule has 0 bridgehead atoms. The lowest BCUT2D eigenvalue weighted by atomic mass is 10.1. The number of phosphoric ester groups is 1. The SMILES string of the molecule is CC\C=C/C=C/C=C/C=C\C=C\C=C\CCCCCC(=O)NC(COP(=O)(O)OCC[N+](C)(C)C)C(/C=C/CCCCCCCCCCC)OC(=O)CCCCCCCCC/C=C\CCCCCC. The first-order valence-corrected chi connectivity index (χ1v) is 29.1. The van der Waals surface area contributed by atoms with Gasteiger partial charge in [-0.1, -0.05) is 221 Å². The van der Waals surface area contributed by atoms with E-state index in [0.29, 0.717) is 17.4 Å². The summed E-state index contributed by atoms with van der Waals surface area (Å²) in [6, 6.07) is -0.877. The van der Waals surface area contributed by atoms with E-state index in [2.05, 4.69) is 50.4 Å². The molecule has 9 nitrogen and oxygen atoms in total. The molecule has 3 unspecified atom stereocenters. The van der Waals surface area contributed by atoms with Gasteiger partial charge in [0.2, 0.25) is 5.91 Å². The normalized spacial score (nSPS) is 14.6. The fourth-order valence-electron chi connectivity index (χ4n) is 7.38. The van der Waals surface area contributed by atoms with E-state index in [-0.39, 0.29) is 37.9 Å². The van der Waals surface area contributed by atoms with Crippen LogP contribution >= 0.6 is 7.82 Å². The molecule has 0 radical (unpaired) electrons. The smallest absolute Gasteiger partial charge is 0.456 e. The molecule has 1 amide bonds. The number of hydrogen-bond donors (Lipinski definition) is 2. The number of amides is 1. The number of allylic oxidation sites excluding steroid dienone is 15. The highest BCUT2D eigenvalue weighted by atomic mass is 31.2. The summed E-state index contributed by atoms with van der Waals surface area (Å²) >= 11 is 0. The number of hydrogen-bond acceptors (Lipinski definition) is 6. The molecule has 69 heavy (non-hydrogen) atoms. The summed E-state index contributed by atoms with van der Waals surface area (Å²) in [5.74, 6) is -0.569. The molecule has 0 spiro atoms. The van der Waals surface area contributed by atoms with Crippen LogP contribution in [-0.2, 0) is 27.9 Å². The molecule has 0 saturated carbocycles. The number of nitrogens with one attached hydrogen (secondary N) is 1. The quantitative estimate of drug-likeness (QED) is 0.0156. The Labute approximate surface area is 424 Å². The summed E-state index contributed by atoms with van der Waals surface area (Å²) in [6.07, 6.45) is 64.0. The lowest BCUT2D eigenvalue weighted by molar-refractivity contribution is -0.870. The van der Waals surface area contributed by atoms with Gasteiger partial charge in [0.05, 0.1) is 33.8 Å². The molecular formula is C59H104N2O7P+. The first-order chi connectivity index (χ1) is 33.4. The van der Waals surface area contributed by atoms with Crippen LogP contribution in [0.1, 0.15) is 213 Å². The lowest BCUT2D eigenvalue weighted by Gasteiger charge is -2.27. The van der Waals surface area contributed by atoms with E-state index in [1.165, 1.54) is 96.3 Å². The summed E-state index contributed by atoms with van der Waals surface area (Å²) in [6.45, 7) is 6.78. The Balaban J connectivity index is 5.47. The second kappa shape index (κ2) is 48.6. The van der Waals surface area contributed by atoms with Crippen molar-refractivity contribution in [3.63, 3.8) is 0 Å². The highest BCUT2D eigenvalue weighted by molar-refractivity contribution is 7.47. The second-order valence-corrected chi connectivity index (χ2v) is 21.0. The van der Waals surface area contributed by atoms with E-state index < -0.39 is 20.0 Å². The molecule has 0 saturated heterocycles. The van der Waals surface area contributed by atoms with Crippen LogP contribution in [0.25, 0.3) is 0 Å². The minimum Gasteiger partial charge on any atom is -0.456 e. The van der Waals surface area contributed by atoms with Gasteiger partial charge in [-0.15, -0.1) is 0 Å². The molecule has 0 aliphatic heterocycles. The van der Waals surface area contributed by atoms with Crippen molar-refractivity contribution in [2.24, 2.45) is 0 Å². The van der Waals surface area contributed by atoms with Gasteiger partial charge in [-0.3, -0.25) is 18.6 Å². The van der Waals surface area contributed by atoms with Gasteiger partial charge < -0.3 is 19.4 Å². The Hall–Kier alpha value is -3.07. The number of likely N-dealkylation sites (N-methyl/N-ethyl adjacent to an activating group) is 1. The van der Waals surface area contributed by atoms with Crippen molar-refractivity contribution >= 4 is 19.7 Å². The molecule has 0 aliphatic rings. The summed E-state index contributed by atoms with van der Waals surface area (Å²) in [7, 11) is 1.45. The molecule has 0 aliphatic carbocycles. The van der Waals surface area contributed by atoms with E-state index in [1.807, 2.05) is 94.1 Å². The Kier molecular flexibility index (Phi) is 46.4. The van der Waals surface area contributed by atoms with Crippen LogP contribution in [0.2, 0.25) is 0 Å². The summed E-state index contributed by atoms with van der Waals surface area (Å²) < 4.78 is 30.5. The first-order valence-electron chi connectivity index (χ1n) is 27.6. The summed E-state index contributed by atoms with van der Waals surface area (Å²) in [5.41, 5.74) is 0. The number of unbranched alkanes of at least 4 members (excludes halogenated alkanes) is 23. The zero-order chi connectivity index (χ0) is 50.8. The van der Waals surface area contributed by atoms with E-state index in [1.54, 1.807) is 0 Å². The van der Waals surface area contributed by atoms with Crippen molar-refractivity contribution in [3.8, 4) is 0 Å². The third-order valence-electron chi connectivity index (χ3n) is 11.7. The van der Waals surface area contributed by atoms with Gasteiger partial charge in [0, 0.05) is 12.8 Å². The Morgan fingerprint density at radius 2 is 0.942 bits per heavy atom. The fraction of sp³-hybridized carbons (Fsp3) is 0.695. The molecule has 10 heteroatoms. The maximum atomic E-state index is 13.5. The van der Waals surface area contributed by atoms with Gasteiger partial charge in [-0.25, -0.2) is 4.57 Å². The molecule has 396 valence electrons. The number of phosphoric acid groups is 1. The molecule has 0 fully saturated rings. The lowest BCUT2D eigenvalue weighted by Crippen LogP contribution is -2.47. The van der Waals surface area contributed by atoms with E-state index >= 15 is 0 Å². The van der Waals surface area contributed by atoms with E-state index in [4.69, 9.17) is 13.8 Å². The van der Waals surface area contributed by atoms with Gasteiger partial charge in [-0.2, -0.15) is 0 Å². The van der Waals surface area contributed by atoms with Crippen LogP contribution in [0.5, 0.6) is 0 Å². The maximum Gasteiger partial charge on any atom is 0.472 e. The average molecular weight is 984 g/mol. The first kappa shape index (κ1) is 65.9. The Morgan fingerprint density at radius 3 is 1.46 bits per heavy atom. The maximum absolute atomic E-state index is 13.5. The standard InChI is InChI=1S/C59H103N2O7P/c1-7-10-13-16-19-22-25-27-29-30-32-33-36-39-42-45-48-51-58(62)60-56(55-67-69(64,65)66-54-53-61(4,5)6)57(50-47-44-41-38-35-24-21-18-15-12-9-3)68-59(63)52-49-46-43-40-37-34-31-28-26-23-20-17-14-11-8-2/h10,13,16,19,22-23,25-27,29-30,32-33,36,47,50,56-57H,7-9,11-12,14-15,17-18,20-21,24,28,31,34-35,37-46,48-49,51-55H2,1-6H3,(H-,60,62,64,65)/p+1/b13-10-,19-16+,25-22+,26-23-,29-27-,32-30+,36-33+,50-47+. The largest absolute Gasteiger partial charge is 0.472 e. The van der Waals surface area contributed by atoms with Gasteiger partial charge in [-0.05, 0) is 76.7 Å². The number of carbonyl (C=O) groups is 2. The van der Waals surface area contributed by atoms with Crippen LogP contribution < -0.4 is 5.32 Å². The molecule has 0 heterocycles. The zero-order valence-corrected chi connectivity index (χ0v) is 45.9. The van der Waals surface area contributed by atoms with Crippen molar-refractivity contribution < 1.29 is 37.3 Å². The third-order valence-corrected chi connectivity index (χ3v) is 12.7. The minimum absolute atomic E-state index is 0.0255. The predicted molar refractivity (Wildman–Crippen MR) is 295 cm³/mol. The monoisotopic (exact) mass is 984 g/mol. The van der Waals surface area contributed by atoms with Crippen molar-refractivity contribution in [2.45, 2.75) is 226 Å². The van der Waals surface area contributed by atoms with Gasteiger partial charge in [0.1, 0.15) is 19.3 Å². The topological polar surface area (TPSA) is 111 Å². The average Bonchev–Trinajstić information content (AvgIpc) is 3.31. The molecule has 3 atom stereocenters. The molecule has 0 aromatic heterocycles. The fourth-order valence-corrected chi connectivity index (χ4v) is 8.11. The highest BCUT2D eigenvalue weighted by Gasteiger charge is 2.30. The van der Waals surface area contributed by atoms with Crippen LogP contribution in [0.15, 0.2) is 97.2 Å². The van der Waals surface area contributed by atoms with Crippen molar-refractivity contribution in [2.75, 3.05) is 40.9 Å². The van der Waals surface area contributed by atoms with Crippen LogP contribution in [-0.4, -0.2) is 74.3 Å². The predicted octanol–water partition coefficient (Wildman–Crippen LogP) is 16.4. The molecule has 2 N–H and O–H groups in total. The zero-order valence-electron chi connectivity index (χ0n) is 45.0. The molecular weight excluding hydrogens is 880 g/mol. The third kappa shape index (κ3) is 49.7. The van der Waals surface area contributed by atoms with Gasteiger partial charge in [0.25, 0.3) is 0 Å². The molecule has 0 aromatic rings. The van der Waals surface area contributed by atoms with E-state index in [9.17, 15) is 19.0 Å². The Morgan fingerprint density at radius 1 is 0.522 bits per heavy atom. The van der Waals surface area contributed by atoms with Crippen molar-refractivity contribution in [1.82, 2.24) is 5.32 Å². The van der Waals surface area contributed by atoms with Crippen LogP contribution in [0.3, 0.4) is 0 Å². The molecule has 0 aromatic carbocycles. The highest BCUT2D eigenvalue weighted by Crippen LogP contribution is 2.43. The summed E-state index contributed by atoms with van der Waals surface area (Å²) in [4.78, 5) is 37.5. The van der Waals surface area contributed by atoms with Gasteiger partial charge in [0.15, 0.2) is 0 Å². The van der Waals surface area contributed by atoms with Gasteiger partial charge >= 0.3 is 13.8 Å². The van der Waals surface area contributed by atoms with E-state index in [0.717, 1.165) is 77.0 Å². The number of rotatable bonds is 48. The van der Waals surface area contributed by atoms with Crippen LogP contribution in [0.4, 0.5) is 0 Å². The summed E-state index contributed by atoms with van der Waals surface area (Å²) in [5, 5.41) is 3.01. The number of ether oxygens (including phenoxy) is 1. The number of nitrogens with zero attached hydrogens (tertiary/aromatic N) is 1. The number of quaternary nitrogens is 1. The molecule has 0 rings (SSSR count). The number of carbonyl (C=O) groups excluding carboxylic acids is 2. The second-order valence-electron chi connectivity index (χ2n) is 19.5. The minimum atomic E-state index is -4.46. The van der Waals surface area contributed by atoms with Crippen LogP contribution in [0, 0.1) is 0 Å². The van der Waals surface area contributed by atoms with Crippen molar-refractivity contribution in [1.29, 1.82) is 0 Å². The Bertz CT molecular complexity index is 1510. The van der Waals surface area contributed by atoms with Crippen molar-refractivity contribution in [3.05, 3.63) is 97.2 Å².